The molecule has 29 nitrogen and oxygen atoms in total. The van der Waals surface area contributed by atoms with E-state index in [4.69, 9.17) is 20.9 Å². The molecule has 0 fully saturated rings. The Kier molecular flexibility index (Phi) is 45.8. The number of carbonyl (C=O) groups is 4. The number of pyridine rings is 5. The number of nitrogens with one attached hydrogen (secondary N) is 3. The molecule has 3 unspecified atom stereocenters. The van der Waals surface area contributed by atoms with Gasteiger partial charge in [0.1, 0.15) is 40.7 Å². The van der Waals surface area contributed by atoms with E-state index in [1.807, 2.05) is 53.7 Å². The van der Waals surface area contributed by atoms with Crippen LogP contribution in [0.4, 0.5) is 26.7 Å². The third-order valence-corrected chi connectivity index (χ3v) is 40.4. The predicted octanol–water partition coefficient (Wildman–Crippen LogP) is 22.1. The number of rotatable bonds is 14. The number of nitrogens with two attached hydrogens (primary N) is 2. The number of urea groups is 2. The number of aliphatic imine (C=N–C) groups is 1. The molecule has 8 rings (SSSR count). The van der Waals surface area contributed by atoms with Crippen LogP contribution in [0.1, 0.15) is 237 Å². The average molecular weight is 1800 g/mol. The minimum Gasteiger partial charge on any atom is -0.478 e. The third-order valence-electron chi connectivity index (χ3n) is 16.8. The highest BCUT2D eigenvalue weighted by atomic mass is 32.2. The largest absolute Gasteiger partial charge is 0.478 e. The Bertz CT molecular complexity index is 5180. The average Bonchev–Trinajstić information content (AvgIpc) is 1.69. The second kappa shape index (κ2) is 46.6. The van der Waals surface area contributed by atoms with E-state index in [9.17, 15) is 51.9 Å². The number of carboxylic acids is 1. The Morgan fingerprint density at radius 2 is 0.824 bits per heavy atom. The number of aliphatic hydroxyl groups is 3. The lowest BCUT2D eigenvalue weighted by Gasteiger charge is -2.37. The van der Waals surface area contributed by atoms with Crippen LogP contribution in [0, 0.1) is 90.0 Å². The van der Waals surface area contributed by atoms with E-state index in [0.29, 0.717) is 46.4 Å². The zero-order chi connectivity index (χ0) is 87.1. The highest BCUT2D eigenvalue weighted by Gasteiger charge is 2.41. The number of azide groups is 1. The summed E-state index contributed by atoms with van der Waals surface area (Å²) in [5.41, 5.74) is 17.3. The lowest BCUT2D eigenvalue weighted by molar-refractivity contribution is 0.0694. The molecule has 119 heavy (non-hydrogen) atoms. The Morgan fingerprint density at radius 3 is 1.14 bits per heavy atom. The Morgan fingerprint density at radius 1 is 0.479 bits per heavy atom. The van der Waals surface area contributed by atoms with Gasteiger partial charge in [0.2, 0.25) is 12.0 Å². The predicted molar refractivity (Wildman–Crippen MR) is 501 cm³/mol. The molecule has 0 aliphatic heterocycles. The molecule has 5 amide bonds. The van der Waals surface area contributed by atoms with Gasteiger partial charge in [-0.1, -0.05) is 99.2 Å². The first-order valence-corrected chi connectivity index (χ1v) is 48.3. The van der Waals surface area contributed by atoms with Crippen LogP contribution in [0.5, 0.6) is 0 Å². The van der Waals surface area contributed by atoms with Gasteiger partial charge in [-0.15, -0.1) is 42.7 Å². The van der Waals surface area contributed by atoms with Gasteiger partial charge in [0.05, 0.1) is 28.1 Å². The van der Waals surface area contributed by atoms with Crippen molar-refractivity contribution < 1.29 is 57.0 Å². The van der Waals surface area contributed by atoms with Gasteiger partial charge in [0.25, 0.3) is 0 Å². The maximum atomic E-state index is 14.4. The summed E-state index contributed by atoms with van der Waals surface area (Å²) in [6.07, 6.45) is 1.49. The molecule has 0 aliphatic carbocycles. The Labute approximate surface area is 724 Å². The number of isocyanates is 1. The minimum atomic E-state index is -3.41. The number of anilines is 2. The van der Waals surface area contributed by atoms with Crippen molar-refractivity contribution in [2.24, 2.45) is 33.1 Å². The summed E-state index contributed by atoms with van der Waals surface area (Å²) in [4.78, 5) is 85.3. The number of hydrogen-bond donors (Lipinski definition) is 9. The number of thiophene rings is 3. The van der Waals surface area contributed by atoms with Crippen LogP contribution in [0.25, 0.3) is 10.4 Å². The van der Waals surface area contributed by atoms with Gasteiger partial charge < -0.3 is 31.1 Å². The summed E-state index contributed by atoms with van der Waals surface area (Å²) in [5, 5.41) is 59.4. The highest BCUT2D eigenvalue weighted by molar-refractivity contribution is 7.95. The summed E-state index contributed by atoms with van der Waals surface area (Å²) < 4.78 is 57.1. The molecule has 11 N–H and O–H groups in total. The maximum absolute atomic E-state index is 14.4. The van der Waals surface area contributed by atoms with Crippen molar-refractivity contribution in [2.45, 2.75) is 283 Å². The molecule has 0 aromatic carbocycles. The normalized spacial score (nSPS) is 12.6. The summed E-state index contributed by atoms with van der Waals surface area (Å²) in [6, 6.07) is 20.4. The Balaban J connectivity index is -0.000000688. The molecule has 0 radical (unpaired) electrons. The van der Waals surface area contributed by atoms with Crippen LogP contribution in [0.15, 0.2) is 114 Å². The topological polar surface area (TPSA) is 468 Å². The van der Waals surface area contributed by atoms with Gasteiger partial charge >= 0.3 is 18.0 Å². The smallest absolute Gasteiger partial charge is 0.354 e. The molecule has 8 aromatic heterocycles. The first-order chi connectivity index (χ1) is 51.2. The van der Waals surface area contributed by atoms with Gasteiger partial charge in [-0.2, -0.15) is 4.99 Å². The van der Waals surface area contributed by atoms with Crippen molar-refractivity contribution in [3.05, 3.63) is 189 Å². The lowest BCUT2D eigenvalue weighted by Crippen LogP contribution is -2.54. The number of amides is 5. The van der Waals surface area contributed by atoms with E-state index >= 15 is 0 Å². The number of aromatic carboxylic acids is 1. The summed E-state index contributed by atoms with van der Waals surface area (Å²) in [6.45, 7) is 54.6. The molecule has 0 bridgehead atoms. The summed E-state index contributed by atoms with van der Waals surface area (Å²) in [5.74, 6) is -1.48. The fourth-order valence-corrected chi connectivity index (χ4v) is 26.4. The molecule has 0 saturated carbocycles. The van der Waals surface area contributed by atoms with Crippen molar-refractivity contribution in [1.82, 2.24) is 29.3 Å². The molecule has 0 spiro atoms. The summed E-state index contributed by atoms with van der Waals surface area (Å²) in [7, 11) is -14.1. The quantitative estimate of drug-likeness (QED) is 0.0122. The van der Waals surface area contributed by atoms with Gasteiger partial charge in [-0.05, 0) is 261 Å². The first kappa shape index (κ1) is 117. The standard InChI is InChI=1S/C22H36N4O3S2Si.C16H22N4O3S2.C14H28N2O2S2Si.C8H8N4O.C8H8N2O.C8H9NO2.6CH4/c1-14-11-18(22(7,8)28)30-19(14)31(29,26-32(9,10)21(4,5)6)25-20(27)24-17-12-15(2)23-16(3)13-17;1-9-6-13(24-14(9)16(4,5)22)25(17,23)20-15(21)19-12-7-10(2)18-11(3)8-12;1-10-9-11(14(5,6)17)19-12(10)20(15,18)16-21(7,8)13(2,3)4;1-5-3-7(4-6(2)10-5)8(13)11-12-9;1-6-3-8(9-5-11)4-7(2)10-6;1-5-3-7(8(10)11)4-6(2)9-5;;;;;;/h11-13,28H,1-10H3,(H2,23,24,25,26,27,29);6-8,22H,1-5H3,(H3,17,18,19,20,21,23);9,17H,1-8H3,(H2,15,16,18);3-4H,1-2H3;3-4H,1-2H3;3-4H,1-2H3,(H,10,11);6*1H4. The molecule has 8 aromatic rings. The molecular weight excluding hydrogens is 1660 g/mol. The molecule has 0 saturated heterocycles. The number of nitrogens with zero attached hydrogens (tertiary/aromatic N) is 12. The molecule has 0 aliphatic rings. The highest BCUT2D eigenvalue weighted by Crippen LogP contribution is 2.42. The number of carbonyl (C=O) groups excluding carboxylic acids is 4. The zero-order valence-corrected chi connectivity index (χ0v) is 76.9. The fourth-order valence-electron chi connectivity index (χ4n) is 9.76. The van der Waals surface area contributed by atoms with E-state index in [1.54, 1.807) is 157 Å². The monoisotopic (exact) mass is 1800 g/mol. The second-order valence-electron chi connectivity index (χ2n) is 31.7. The number of hydrogen-bond acceptors (Lipinski definition) is 21. The SMILES string of the molecule is C.C.C.C.C.C.Cc1cc(C(=O)N=[N+]=[N-])cc(C)n1.Cc1cc(C(=O)O)cc(C)n1.Cc1cc(C(C)(C)O)sc1S(N)(=O)=N[Si](C)(C)C(C)(C)C.Cc1cc(N=C=O)cc(C)n1.Cc1cc(NC(=O)N=S(=O)(N[Si](C)(C)C(C)(C)C)c2sc(C(C)(C)O)cc2C)cc(C)n1.Cc1cc(NC(=O)N=S(N)(=O)c2cc(C)c(C(C)(C)O)s2)cc(C)n1. The van der Waals surface area contributed by atoms with Gasteiger partial charge in [-0.3, -0.25) is 33.7 Å². The molecule has 8 heterocycles. The summed E-state index contributed by atoms with van der Waals surface area (Å²) >= 11 is 3.62. The third kappa shape index (κ3) is 36.9. The van der Waals surface area contributed by atoms with Crippen molar-refractivity contribution in [3.63, 3.8) is 0 Å². The lowest BCUT2D eigenvalue weighted by atomic mass is 10.1. The van der Waals surface area contributed by atoms with Gasteiger partial charge in [0.15, 0.2) is 18.2 Å². The van der Waals surface area contributed by atoms with Crippen molar-refractivity contribution in [2.75, 3.05) is 10.6 Å². The van der Waals surface area contributed by atoms with Crippen molar-refractivity contribution >= 4 is 127 Å². The van der Waals surface area contributed by atoms with Crippen LogP contribution in [-0.2, 0) is 51.3 Å². The number of carboxylic acid groups (broad SMARTS) is 1. The molecule has 3 atom stereocenters. The van der Waals surface area contributed by atoms with Gasteiger partial charge in [-0.25, -0.2) is 46.5 Å². The van der Waals surface area contributed by atoms with Crippen LogP contribution in [0.3, 0.4) is 0 Å². The maximum Gasteiger partial charge on any atom is 0.354 e. The first-order valence-electron chi connectivity index (χ1n) is 35.2. The van der Waals surface area contributed by atoms with Crippen molar-refractivity contribution in [3.8, 4) is 0 Å². The van der Waals surface area contributed by atoms with E-state index in [0.717, 1.165) is 89.8 Å². The molecule has 37 heteroatoms. The van der Waals surface area contributed by atoms with Crippen LogP contribution < -0.4 is 25.3 Å². The van der Waals surface area contributed by atoms with Crippen LogP contribution in [-0.4, -0.2) is 104 Å². The van der Waals surface area contributed by atoms with Crippen LogP contribution in [0.2, 0.25) is 36.3 Å². The van der Waals surface area contributed by atoms with E-state index in [-0.39, 0.29) is 58.8 Å². The van der Waals surface area contributed by atoms with Gasteiger partial charge in [0, 0.05) is 93.4 Å². The zero-order valence-electron chi connectivity index (χ0n) is 70.0. The molecule has 664 valence electrons. The minimum absolute atomic E-state index is 0. The van der Waals surface area contributed by atoms with E-state index < -0.39 is 87.0 Å². The number of aryl methyl sites for hydroxylation is 13. The second-order valence-corrected chi connectivity index (χ2v) is 51.5. The molecular formula is C82H135N17O12S6Si2. The van der Waals surface area contributed by atoms with Crippen molar-refractivity contribution in [1.29, 1.82) is 0 Å². The van der Waals surface area contributed by atoms with Crippen LogP contribution >= 0.6 is 34.0 Å². The fraction of sp³-hybridized carbons (Fsp3) is 0.488. The van der Waals surface area contributed by atoms with E-state index in [1.165, 1.54) is 28.8 Å². The van der Waals surface area contributed by atoms with E-state index in [2.05, 4.69) is 135 Å². The Hall–Kier alpha value is -8.34. The number of aromatic nitrogens is 5.